The Labute approximate surface area is 157 Å². The first-order chi connectivity index (χ1) is 12.4. The van der Waals surface area contributed by atoms with E-state index in [4.69, 9.17) is 4.42 Å². The second kappa shape index (κ2) is 7.74. The van der Waals surface area contributed by atoms with Crippen LogP contribution in [-0.4, -0.2) is 21.9 Å². The maximum Gasteiger partial charge on any atom is 0.277 e. The zero-order chi connectivity index (χ0) is 18.7. The highest BCUT2D eigenvalue weighted by Gasteiger charge is 2.12. The van der Waals surface area contributed by atoms with Crippen LogP contribution in [0.5, 0.6) is 0 Å². The molecule has 0 spiro atoms. The van der Waals surface area contributed by atoms with Crippen LogP contribution in [0.25, 0.3) is 11.5 Å². The van der Waals surface area contributed by atoms with Gasteiger partial charge in [-0.1, -0.05) is 41.1 Å². The molecule has 1 amide bonds. The van der Waals surface area contributed by atoms with Crippen molar-refractivity contribution in [3.05, 3.63) is 58.7 Å². The zero-order valence-corrected chi connectivity index (χ0v) is 16.1. The van der Waals surface area contributed by atoms with Crippen molar-refractivity contribution in [2.24, 2.45) is 0 Å². The summed E-state index contributed by atoms with van der Waals surface area (Å²) < 4.78 is 5.68. The Balaban J connectivity index is 1.62. The molecule has 0 fully saturated rings. The summed E-state index contributed by atoms with van der Waals surface area (Å²) in [6.07, 6.45) is 0. The topological polar surface area (TPSA) is 68.0 Å². The van der Waals surface area contributed by atoms with Crippen molar-refractivity contribution in [1.82, 2.24) is 10.2 Å². The number of thioether (sulfide) groups is 1. The summed E-state index contributed by atoms with van der Waals surface area (Å²) in [5.74, 6) is 0.575. The maximum atomic E-state index is 12.2. The molecular formula is C20H21N3O2S. The largest absolute Gasteiger partial charge is 0.411 e. The standard InChI is InChI=1S/C20H21N3O2S/c1-12-8-13(2)10-16(9-12)19-22-23-20(25-19)26-11-18(24)21-17-7-5-6-14(3)15(17)4/h5-10H,11H2,1-4H3,(H,21,24). The summed E-state index contributed by atoms with van der Waals surface area (Å²) in [4.78, 5) is 12.2. The second-order valence-electron chi connectivity index (χ2n) is 6.33. The monoisotopic (exact) mass is 367 g/mol. The number of rotatable bonds is 5. The van der Waals surface area contributed by atoms with Gasteiger partial charge in [0.2, 0.25) is 11.8 Å². The first kappa shape index (κ1) is 18.2. The number of carbonyl (C=O) groups excluding carboxylic acids is 1. The Bertz CT molecular complexity index is 930. The maximum absolute atomic E-state index is 12.2. The fourth-order valence-corrected chi connectivity index (χ4v) is 3.25. The third kappa shape index (κ3) is 4.32. The molecule has 134 valence electrons. The van der Waals surface area contributed by atoms with Crippen molar-refractivity contribution >= 4 is 23.4 Å². The Kier molecular flexibility index (Phi) is 5.42. The normalized spacial score (nSPS) is 10.8. The van der Waals surface area contributed by atoms with Crippen molar-refractivity contribution < 1.29 is 9.21 Å². The van der Waals surface area contributed by atoms with Crippen LogP contribution in [0.3, 0.4) is 0 Å². The molecule has 0 aliphatic heterocycles. The van der Waals surface area contributed by atoms with Crippen molar-refractivity contribution in [2.75, 3.05) is 11.1 Å². The summed E-state index contributed by atoms with van der Waals surface area (Å²) in [7, 11) is 0. The van der Waals surface area contributed by atoms with E-state index in [-0.39, 0.29) is 11.7 Å². The molecule has 1 aromatic heterocycles. The summed E-state index contributed by atoms with van der Waals surface area (Å²) in [5.41, 5.74) is 6.21. The Hall–Kier alpha value is -2.60. The van der Waals surface area contributed by atoms with Gasteiger partial charge in [-0.15, -0.1) is 10.2 Å². The van der Waals surface area contributed by atoms with Crippen LogP contribution in [0.4, 0.5) is 5.69 Å². The van der Waals surface area contributed by atoms with E-state index in [1.165, 1.54) is 11.8 Å². The van der Waals surface area contributed by atoms with Gasteiger partial charge in [0.05, 0.1) is 5.75 Å². The molecule has 0 saturated carbocycles. The number of aryl methyl sites for hydroxylation is 3. The minimum atomic E-state index is -0.102. The van der Waals surface area contributed by atoms with Crippen LogP contribution in [0.1, 0.15) is 22.3 Å². The average molecular weight is 367 g/mol. The van der Waals surface area contributed by atoms with Crippen LogP contribution < -0.4 is 5.32 Å². The predicted molar refractivity (Wildman–Crippen MR) is 104 cm³/mol. The number of benzene rings is 2. The number of nitrogens with zero attached hydrogens (tertiary/aromatic N) is 2. The number of hydrogen-bond acceptors (Lipinski definition) is 5. The number of amides is 1. The Morgan fingerprint density at radius 1 is 1.08 bits per heavy atom. The van der Waals surface area contributed by atoms with Gasteiger partial charge in [0, 0.05) is 11.3 Å². The van der Waals surface area contributed by atoms with Crippen LogP contribution >= 0.6 is 11.8 Å². The highest BCUT2D eigenvalue weighted by atomic mass is 32.2. The van der Waals surface area contributed by atoms with E-state index in [0.717, 1.165) is 33.5 Å². The smallest absolute Gasteiger partial charge is 0.277 e. The molecule has 6 heteroatoms. The van der Waals surface area contributed by atoms with E-state index in [1.54, 1.807) is 0 Å². The number of carbonyl (C=O) groups is 1. The lowest BCUT2D eigenvalue weighted by Gasteiger charge is -2.09. The van der Waals surface area contributed by atoms with Gasteiger partial charge in [0.25, 0.3) is 5.22 Å². The molecule has 0 atom stereocenters. The van der Waals surface area contributed by atoms with E-state index >= 15 is 0 Å². The molecule has 1 N–H and O–H groups in total. The summed E-state index contributed by atoms with van der Waals surface area (Å²) in [6, 6.07) is 11.9. The molecule has 0 bridgehead atoms. The average Bonchev–Trinajstić information content (AvgIpc) is 3.05. The highest BCUT2D eigenvalue weighted by molar-refractivity contribution is 7.99. The predicted octanol–water partition coefficient (Wildman–Crippen LogP) is 4.70. The third-order valence-corrected chi connectivity index (χ3v) is 4.90. The third-order valence-electron chi connectivity index (χ3n) is 4.08. The molecule has 0 aliphatic rings. The Morgan fingerprint density at radius 3 is 2.54 bits per heavy atom. The first-order valence-corrected chi connectivity index (χ1v) is 9.32. The van der Waals surface area contributed by atoms with Crippen LogP contribution in [0.15, 0.2) is 46.0 Å². The molecule has 0 unspecified atom stereocenters. The van der Waals surface area contributed by atoms with Gasteiger partial charge in [-0.3, -0.25) is 4.79 Å². The van der Waals surface area contributed by atoms with Crippen molar-refractivity contribution in [1.29, 1.82) is 0 Å². The van der Waals surface area contributed by atoms with E-state index in [1.807, 2.05) is 58.0 Å². The van der Waals surface area contributed by atoms with Gasteiger partial charge in [-0.2, -0.15) is 0 Å². The molecule has 26 heavy (non-hydrogen) atoms. The molecule has 2 aromatic carbocycles. The summed E-state index contributed by atoms with van der Waals surface area (Å²) in [5, 5.41) is 11.4. The molecule has 3 rings (SSSR count). The molecule has 0 aliphatic carbocycles. The molecule has 3 aromatic rings. The number of nitrogens with one attached hydrogen (secondary N) is 1. The van der Waals surface area contributed by atoms with Crippen LogP contribution in [0.2, 0.25) is 0 Å². The fourth-order valence-electron chi connectivity index (χ4n) is 2.68. The van der Waals surface area contributed by atoms with Gasteiger partial charge in [-0.05, 0) is 57.0 Å². The molecule has 0 radical (unpaired) electrons. The lowest BCUT2D eigenvalue weighted by Crippen LogP contribution is -2.15. The lowest BCUT2D eigenvalue weighted by molar-refractivity contribution is -0.113. The van der Waals surface area contributed by atoms with Crippen molar-refractivity contribution in [3.63, 3.8) is 0 Å². The van der Waals surface area contributed by atoms with Gasteiger partial charge < -0.3 is 9.73 Å². The number of hydrogen-bond donors (Lipinski definition) is 1. The fraction of sp³-hybridized carbons (Fsp3) is 0.250. The molecule has 1 heterocycles. The molecule has 0 saturated heterocycles. The molecular weight excluding hydrogens is 346 g/mol. The van der Waals surface area contributed by atoms with Gasteiger partial charge in [0.15, 0.2) is 0 Å². The summed E-state index contributed by atoms with van der Waals surface area (Å²) in [6.45, 7) is 8.07. The van der Waals surface area contributed by atoms with E-state index < -0.39 is 0 Å². The SMILES string of the molecule is Cc1cc(C)cc(-c2nnc(SCC(=O)Nc3cccc(C)c3C)o2)c1. The van der Waals surface area contributed by atoms with Crippen LogP contribution in [0, 0.1) is 27.7 Å². The molecule has 5 nitrogen and oxygen atoms in total. The second-order valence-corrected chi connectivity index (χ2v) is 7.26. The number of aromatic nitrogens is 2. The Morgan fingerprint density at radius 2 is 1.81 bits per heavy atom. The lowest BCUT2D eigenvalue weighted by atomic mass is 10.1. The minimum Gasteiger partial charge on any atom is -0.411 e. The van der Waals surface area contributed by atoms with E-state index in [0.29, 0.717) is 11.1 Å². The minimum absolute atomic E-state index is 0.102. The quantitative estimate of drug-likeness (QED) is 0.662. The van der Waals surface area contributed by atoms with Gasteiger partial charge in [-0.25, -0.2) is 0 Å². The van der Waals surface area contributed by atoms with Gasteiger partial charge in [0.1, 0.15) is 0 Å². The van der Waals surface area contributed by atoms with E-state index in [2.05, 4.69) is 21.6 Å². The van der Waals surface area contributed by atoms with Crippen molar-refractivity contribution in [2.45, 2.75) is 32.9 Å². The van der Waals surface area contributed by atoms with Crippen molar-refractivity contribution in [3.8, 4) is 11.5 Å². The van der Waals surface area contributed by atoms with Gasteiger partial charge >= 0.3 is 0 Å². The summed E-state index contributed by atoms with van der Waals surface area (Å²) >= 11 is 1.23. The highest BCUT2D eigenvalue weighted by Crippen LogP contribution is 2.25. The van der Waals surface area contributed by atoms with Crippen LogP contribution in [-0.2, 0) is 4.79 Å². The van der Waals surface area contributed by atoms with E-state index in [9.17, 15) is 4.79 Å². The number of anilines is 1. The first-order valence-electron chi connectivity index (χ1n) is 8.33. The zero-order valence-electron chi connectivity index (χ0n) is 15.3.